The van der Waals surface area contributed by atoms with Crippen molar-refractivity contribution in [1.29, 1.82) is 0 Å². The van der Waals surface area contributed by atoms with E-state index in [1.807, 2.05) is 12.1 Å². The summed E-state index contributed by atoms with van der Waals surface area (Å²) < 4.78 is 1.60. The van der Waals surface area contributed by atoms with E-state index in [1.54, 1.807) is 17.9 Å². The summed E-state index contributed by atoms with van der Waals surface area (Å²) in [6, 6.07) is 3.85. The summed E-state index contributed by atoms with van der Waals surface area (Å²) in [6.07, 6.45) is 1.76. The molecule has 0 aliphatic carbocycles. The second kappa shape index (κ2) is 4.37. The minimum atomic E-state index is 0.503. The molecule has 78 valence electrons. The van der Waals surface area contributed by atoms with Crippen molar-refractivity contribution in [3.05, 3.63) is 23.9 Å². The number of rotatable bonds is 3. The first-order chi connectivity index (χ1) is 7.29. The molecule has 0 unspecified atom stereocenters. The zero-order chi connectivity index (χ0) is 10.7. The molecule has 0 atom stereocenters. The Balaban J connectivity index is 2.14. The molecule has 2 aromatic rings. The summed E-state index contributed by atoms with van der Waals surface area (Å²) in [6.45, 7) is 0.503. The van der Waals surface area contributed by atoms with E-state index >= 15 is 0 Å². The molecule has 0 aliphatic heterocycles. The van der Waals surface area contributed by atoms with Crippen LogP contribution >= 0.6 is 11.8 Å². The van der Waals surface area contributed by atoms with Crippen LogP contribution in [-0.2, 0) is 13.6 Å². The molecule has 2 aromatic heterocycles. The van der Waals surface area contributed by atoms with Crippen LogP contribution in [0.25, 0.3) is 0 Å². The van der Waals surface area contributed by atoms with Crippen LogP contribution in [0.15, 0.2) is 28.5 Å². The topological polar surface area (TPSA) is 82.5 Å². The van der Waals surface area contributed by atoms with Crippen LogP contribution in [0.1, 0.15) is 5.56 Å². The maximum absolute atomic E-state index is 5.48. The number of aromatic nitrogens is 5. The van der Waals surface area contributed by atoms with E-state index in [0.717, 1.165) is 10.6 Å². The van der Waals surface area contributed by atoms with Crippen molar-refractivity contribution in [2.45, 2.75) is 16.7 Å². The molecule has 6 nitrogen and oxygen atoms in total. The van der Waals surface area contributed by atoms with Crippen LogP contribution in [-0.4, -0.2) is 25.2 Å². The summed E-state index contributed by atoms with van der Waals surface area (Å²) in [5.74, 6) is 0. The van der Waals surface area contributed by atoms with Gasteiger partial charge >= 0.3 is 0 Å². The molecular formula is C8H10N6S. The molecule has 0 saturated carbocycles. The van der Waals surface area contributed by atoms with Gasteiger partial charge < -0.3 is 5.73 Å². The molecule has 0 aliphatic rings. The molecule has 0 radical (unpaired) electrons. The van der Waals surface area contributed by atoms with Gasteiger partial charge in [-0.3, -0.25) is 0 Å². The molecule has 0 fully saturated rings. The molecule has 0 amide bonds. The lowest BCUT2D eigenvalue weighted by Gasteiger charge is -1.99. The maximum atomic E-state index is 5.48. The number of hydrogen-bond donors (Lipinski definition) is 1. The van der Waals surface area contributed by atoms with E-state index in [0.29, 0.717) is 11.7 Å². The smallest absolute Gasteiger partial charge is 0.215 e. The van der Waals surface area contributed by atoms with E-state index in [4.69, 9.17) is 5.73 Å². The van der Waals surface area contributed by atoms with Crippen molar-refractivity contribution in [3.8, 4) is 0 Å². The van der Waals surface area contributed by atoms with Gasteiger partial charge in [-0.1, -0.05) is 6.07 Å². The lowest BCUT2D eigenvalue weighted by atomic mass is 10.3. The third kappa shape index (κ3) is 2.31. The third-order valence-corrected chi connectivity index (χ3v) is 2.79. The zero-order valence-corrected chi connectivity index (χ0v) is 8.98. The van der Waals surface area contributed by atoms with Crippen LogP contribution in [0, 0.1) is 0 Å². The van der Waals surface area contributed by atoms with Crippen molar-refractivity contribution in [3.63, 3.8) is 0 Å². The van der Waals surface area contributed by atoms with Crippen LogP contribution in [0.3, 0.4) is 0 Å². The first kappa shape index (κ1) is 10.1. The summed E-state index contributed by atoms with van der Waals surface area (Å²) >= 11 is 1.41. The fraction of sp³-hybridized carbons (Fsp3) is 0.250. The highest BCUT2D eigenvalue weighted by Gasteiger charge is 2.05. The number of hydrogen-bond acceptors (Lipinski definition) is 6. The molecule has 0 spiro atoms. The van der Waals surface area contributed by atoms with E-state index in [1.165, 1.54) is 11.8 Å². The lowest BCUT2D eigenvalue weighted by molar-refractivity contribution is 0.664. The Hall–Kier alpha value is -1.47. The van der Waals surface area contributed by atoms with E-state index in [2.05, 4.69) is 20.5 Å². The largest absolute Gasteiger partial charge is 0.326 e. The average Bonchev–Trinajstić information content (AvgIpc) is 2.66. The lowest BCUT2D eigenvalue weighted by Crippen LogP contribution is -1.97. The van der Waals surface area contributed by atoms with Gasteiger partial charge in [0.2, 0.25) is 5.16 Å². The third-order valence-electron chi connectivity index (χ3n) is 1.81. The van der Waals surface area contributed by atoms with Crippen molar-refractivity contribution < 1.29 is 0 Å². The van der Waals surface area contributed by atoms with Crippen molar-refractivity contribution in [2.75, 3.05) is 0 Å². The van der Waals surface area contributed by atoms with Crippen molar-refractivity contribution in [1.82, 2.24) is 25.2 Å². The maximum Gasteiger partial charge on any atom is 0.215 e. The summed E-state index contributed by atoms with van der Waals surface area (Å²) in [7, 11) is 1.79. The molecular weight excluding hydrogens is 212 g/mol. The molecule has 0 saturated heterocycles. The molecule has 2 N–H and O–H groups in total. The van der Waals surface area contributed by atoms with Gasteiger partial charge in [-0.2, -0.15) is 0 Å². The Morgan fingerprint density at radius 2 is 2.33 bits per heavy atom. The highest BCUT2D eigenvalue weighted by Crippen LogP contribution is 2.22. The number of pyridine rings is 1. The molecule has 0 bridgehead atoms. The number of nitrogens with two attached hydrogens (primary N) is 1. The van der Waals surface area contributed by atoms with E-state index in [-0.39, 0.29) is 0 Å². The first-order valence-electron chi connectivity index (χ1n) is 4.35. The SMILES string of the molecule is Cn1nnnc1Sc1ccc(CN)cn1. The monoisotopic (exact) mass is 222 g/mol. The molecule has 2 rings (SSSR count). The Morgan fingerprint density at radius 3 is 2.87 bits per heavy atom. The number of nitrogens with zero attached hydrogens (tertiary/aromatic N) is 5. The first-order valence-corrected chi connectivity index (χ1v) is 5.16. The Bertz CT molecular complexity index is 437. The van der Waals surface area contributed by atoms with Crippen LogP contribution in [0.5, 0.6) is 0 Å². The number of aryl methyl sites for hydroxylation is 1. The highest BCUT2D eigenvalue weighted by molar-refractivity contribution is 7.99. The molecule has 2 heterocycles. The molecule has 7 heteroatoms. The van der Waals surface area contributed by atoms with Gasteiger partial charge in [0.15, 0.2) is 0 Å². The van der Waals surface area contributed by atoms with Gasteiger partial charge in [0, 0.05) is 19.8 Å². The fourth-order valence-corrected chi connectivity index (χ4v) is 1.67. The zero-order valence-electron chi connectivity index (χ0n) is 8.16. The van der Waals surface area contributed by atoms with Gasteiger partial charge in [0.05, 0.1) is 0 Å². The predicted molar refractivity (Wildman–Crippen MR) is 55.0 cm³/mol. The van der Waals surface area contributed by atoms with Gasteiger partial charge in [-0.25, -0.2) is 9.67 Å². The Labute approximate surface area is 90.9 Å². The molecule has 15 heavy (non-hydrogen) atoms. The van der Waals surface area contributed by atoms with Crippen LogP contribution < -0.4 is 5.73 Å². The summed E-state index contributed by atoms with van der Waals surface area (Å²) in [5.41, 5.74) is 6.49. The molecule has 0 aromatic carbocycles. The Kier molecular flexibility index (Phi) is 2.93. The number of tetrazole rings is 1. The normalized spacial score (nSPS) is 10.5. The van der Waals surface area contributed by atoms with Crippen molar-refractivity contribution >= 4 is 11.8 Å². The quantitative estimate of drug-likeness (QED) is 0.799. The van der Waals surface area contributed by atoms with Gasteiger partial charge in [0.1, 0.15) is 5.03 Å². The minimum Gasteiger partial charge on any atom is -0.326 e. The fourth-order valence-electron chi connectivity index (χ4n) is 0.993. The average molecular weight is 222 g/mol. The highest BCUT2D eigenvalue weighted by atomic mass is 32.2. The summed E-state index contributed by atoms with van der Waals surface area (Å²) in [4.78, 5) is 4.24. The van der Waals surface area contributed by atoms with E-state index in [9.17, 15) is 0 Å². The van der Waals surface area contributed by atoms with Gasteiger partial charge in [-0.05, 0) is 33.8 Å². The second-order valence-electron chi connectivity index (χ2n) is 2.90. The Morgan fingerprint density at radius 1 is 1.47 bits per heavy atom. The van der Waals surface area contributed by atoms with Crippen LogP contribution in [0.2, 0.25) is 0 Å². The van der Waals surface area contributed by atoms with Gasteiger partial charge in [-0.15, -0.1) is 5.10 Å². The minimum absolute atomic E-state index is 0.503. The summed E-state index contributed by atoms with van der Waals surface area (Å²) in [5, 5.41) is 12.7. The van der Waals surface area contributed by atoms with Crippen LogP contribution in [0.4, 0.5) is 0 Å². The predicted octanol–water partition coefficient (Wildman–Crippen LogP) is 0.215. The van der Waals surface area contributed by atoms with E-state index < -0.39 is 0 Å². The van der Waals surface area contributed by atoms with Crippen molar-refractivity contribution in [2.24, 2.45) is 12.8 Å². The standard InChI is InChI=1S/C8H10N6S/c1-14-8(11-12-13-14)15-7-3-2-6(4-9)5-10-7/h2-3,5H,4,9H2,1H3. The van der Waals surface area contributed by atoms with Gasteiger partial charge in [0.25, 0.3) is 0 Å². The second-order valence-corrected chi connectivity index (χ2v) is 3.88.